The summed E-state index contributed by atoms with van der Waals surface area (Å²) in [6.07, 6.45) is 3.71. The highest BCUT2D eigenvalue weighted by Gasteiger charge is 2.45. The van der Waals surface area contributed by atoms with Gasteiger partial charge in [0.25, 0.3) is 0 Å². The molecule has 3 N–H and O–H groups in total. The molecule has 11 heteroatoms. The van der Waals surface area contributed by atoms with Gasteiger partial charge < -0.3 is 34.7 Å². The van der Waals surface area contributed by atoms with Gasteiger partial charge in [-0.25, -0.2) is 4.39 Å². The Morgan fingerprint density at radius 3 is 2.65 bits per heavy atom. The number of aromatic nitrogens is 1. The molecule has 2 fully saturated rings. The quantitative estimate of drug-likeness (QED) is 0.179. The molecule has 1 aliphatic heterocycles. The van der Waals surface area contributed by atoms with Crippen LogP contribution in [0, 0.1) is 23.6 Å². The Hall–Kier alpha value is -4.32. The van der Waals surface area contributed by atoms with Crippen molar-refractivity contribution in [3.63, 3.8) is 0 Å². The molecular formula is C35H36FN3O6S. The molecule has 0 radical (unpaired) electrons. The third-order valence-corrected chi connectivity index (χ3v) is 9.02. The molecule has 3 aromatic carbocycles. The number of aliphatic hydroxyl groups is 1. The average Bonchev–Trinajstić information content (AvgIpc) is 3.48. The Kier molecular flexibility index (Phi) is 9.62. The van der Waals surface area contributed by atoms with Crippen molar-refractivity contribution in [2.24, 2.45) is 17.8 Å². The number of benzene rings is 3. The van der Waals surface area contributed by atoms with E-state index < -0.39 is 12.1 Å². The number of anilines is 1. The molecule has 4 aromatic rings. The maximum atomic E-state index is 15.2. The number of aliphatic hydroxyl groups excluding tert-OH is 1. The summed E-state index contributed by atoms with van der Waals surface area (Å²) in [5.74, 6) is 1.30. The summed E-state index contributed by atoms with van der Waals surface area (Å²) in [6.45, 7) is 2.61. The second-order valence-corrected chi connectivity index (χ2v) is 12.1. The third kappa shape index (κ3) is 7.06. The van der Waals surface area contributed by atoms with Crippen LogP contribution in [-0.2, 0) is 16.0 Å². The number of hydrogen-bond donors (Lipinski definition) is 3. The number of nitrogens with zero attached hydrogens (tertiary/aromatic N) is 1. The normalized spacial score (nSPS) is 21.2. The van der Waals surface area contributed by atoms with Crippen LogP contribution in [0.25, 0.3) is 10.9 Å². The topological polar surface area (TPSA) is 111 Å². The number of nitrogens with one attached hydrogen (secondary N) is 2. The first-order chi connectivity index (χ1) is 22.3. The second kappa shape index (κ2) is 14.0. The number of rotatable bonds is 9. The molecule has 5 unspecified atom stereocenters. The van der Waals surface area contributed by atoms with E-state index in [2.05, 4.69) is 22.5 Å². The molecule has 1 saturated carbocycles. The molecule has 1 aromatic heterocycles. The summed E-state index contributed by atoms with van der Waals surface area (Å²) in [7, 11) is 1.57. The van der Waals surface area contributed by atoms with E-state index in [-0.39, 0.29) is 41.1 Å². The van der Waals surface area contributed by atoms with Crippen LogP contribution in [0.5, 0.6) is 23.0 Å². The van der Waals surface area contributed by atoms with Gasteiger partial charge in [0, 0.05) is 35.3 Å². The van der Waals surface area contributed by atoms with Gasteiger partial charge in [0.1, 0.15) is 5.75 Å². The van der Waals surface area contributed by atoms with Crippen LogP contribution in [0.4, 0.5) is 10.1 Å². The Morgan fingerprint density at radius 1 is 1.04 bits per heavy atom. The minimum absolute atomic E-state index is 0.000524. The standard InChI is InChI=1S/C35H36FN3O6S/c1-20(23-9-10-25-24(23)13-15-43-34(25)41)44-32-19-28-26(18-31(32)42-2)29(12-14-37-28)45-30-11-8-22(17-27(30)36)38-35(46)39-33(40)16-21-6-4-3-5-7-21/h3-8,11-12,14,17-20,23-25,34,41H,9-10,13,15-16H2,1-2H3,(H2,38,39,40,46). The first kappa shape index (κ1) is 31.7. The zero-order chi connectivity index (χ0) is 32.2. The molecular weight excluding hydrogens is 609 g/mol. The molecule has 5 atom stereocenters. The fourth-order valence-electron chi connectivity index (χ4n) is 6.60. The molecule has 1 aliphatic carbocycles. The van der Waals surface area contributed by atoms with Crippen molar-refractivity contribution in [3.05, 3.63) is 84.3 Å². The molecule has 46 heavy (non-hydrogen) atoms. The van der Waals surface area contributed by atoms with Crippen LogP contribution < -0.4 is 24.8 Å². The Bertz CT molecular complexity index is 1720. The molecule has 6 rings (SSSR count). The van der Waals surface area contributed by atoms with Crippen molar-refractivity contribution in [2.75, 3.05) is 19.0 Å². The molecule has 0 spiro atoms. The highest BCUT2D eigenvalue weighted by Crippen LogP contribution is 2.47. The number of hydrogen-bond acceptors (Lipinski definition) is 8. The highest BCUT2D eigenvalue weighted by atomic mass is 32.1. The molecule has 1 amide bonds. The predicted molar refractivity (Wildman–Crippen MR) is 176 cm³/mol. The van der Waals surface area contributed by atoms with Crippen molar-refractivity contribution < 1.29 is 33.2 Å². The molecule has 1 saturated heterocycles. The summed E-state index contributed by atoms with van der Waals surface area (Å²) in [5, 5.41) is 16.4. The van der Waals surface area contributed by atoms with Crippen LogP contribution in [0.1, 0.15) is 31.7 Å². The Morgan fingerprint density at radius 2 is 1.87 bits per heavy atom. The largest absolute Gasteiger partial charge is 0.493 e. The van der Waals surface area contributed by atoms with E-state index in [9.17, 15) is 9.90 Å². The zero-order valence-corrected chi connectivity index (χ0v) is 26.4. The van der Waals surface area contributed by atoms with Gasteiger partial charge in [0.15, 0.2) is 34.5 Å². The van der Waals surface area contributed by atoms with E-state index >= 15 is 4.39 Å². The van der Waals surface area contributed by atoms with Crippen molar-refractivity contribution in [2.45, 2.75) is 45.0 Å². The summed E-state index contributed by atoms with van der Waals surface area (Å²) in [4.78, 5) is 16.8. The Balaban J connectivity index is 1.13. The van der Waals surface area contributed by atoms with Gasteiger partial charge in [-0.05, 0) is 80.1 Å². The van der Waals surface area contributed by atoms with E-state index in [1.165, 1.54) is 12.1 Å². The number of amides is 1. The van der Waals surface area contributed by atoms with Crippen LogP contribution in [0.3, 0.4) is 0 Å². The van der Waals surface area contributed by atoms with Gasteiger partial charge in [0.2, 0.25) is 5.91 Å². The highest BCUT2D eigenvalue weighted by molar-refractivity contribution is 7.80. The molecule has 2 aliphatic rings. The first-order valence-electron chi connectivity index (χ1n) is 15.3. The number of ether oxygens (including phenoxy) is 4. The lowest BCUT2D eigenvalue weighted by Gasteiger charge is -2.35. The fourth-order valence-corrected chi connectivity index (χ4v) is 6.83. The van der Waals surface area contributed by atoms with E-state index in [1.54, 1.807) is 37.6 Å². The molecule has 2 heterocycles. The van der Waals surface area contributed by atoms with Gasteiger partial charge >= 0.3 is 0 Å². The second-order valence-electron chi connectivity index (χ2n) is 11.7. The smallest absolute Gasteiger partial charge is 0.230 e. The van der Waals surface area contributed by atoms with Gasteiger partial charge in [-0.1, -0.05) is 30.3 Å². The van der Waals surface area contributed by atoms with Crippen molar-refractivity contribution >= 4 is 39.8 Å². The number of fused-ring (bicyclic) bond motifs is 2. The van der Waals surface area contributed by atoms with Gasteiger partial charge in [-0.15, -0.1) is 0 Å². The zero-order valence-electron chi connectivity index (χ0n) is 25.6. The number of halogens is 1. The summed E-state index contributed by atoms with van der Waals surface area (Å²) in [5.41, 5.74) is 1.81. The lowest BCUT2D eigenvalue weighted by molar-refractivity contribution is -0.176. The van der Waals surface area contributed by atoms with Gasteiger partial charge in [0.05, 0.1) is 31.8 Å². The molecule has 240 valence electrons. The summed E-state index contributed by atoms with van der Waals surface area (Å²) < 4.78 is 38.8. The number of carbonyl (C=O) groups is 1. The van der Waals surface area contributed by atoms with Gasteiger partial charge in [-0.3, -0.25) is 9.78 Å². The minimum Gasteiger partial charge on any atom is -0.493 e. The lowest BCUT2D eigenvalue weighted by atomic mass is 9.82. The minimum atomic E-state index is -0.707. The fraction of sp³-hybridized carbons (Fsp3) is 0.343. The van der Waals surface area contributed by atoms with Crippen LogP contribution in [0.15, 0.2) is 72.9 Å². The van der Waals surface area contributed by atoms with E-state index in [0.29, 0.717) is 46.4 Å². The number of carbonyl (C=O) groups excluding carboxylic acids is 1. The summed E-state index contributed by atoms with van der Waals surface area (Å²) >= 11 is 5.24. The van der Waals surface area contributed by atoms with E-state index in [0.717, 1.165) is 24.8 Å². The van der Waals surface area contributed by atoms with Crippen LogP contribution >= 0.6 is 12.2 Å². The Labute approximate surface area is 272 Å². The van der Waals surface area contributed by atoms with Crippen molar-refractivity contribution in [3.8, 4) is 23.0 Å². The molecule has 9 nitrogen and oxygen atoms in total. The number of methoxy groups -OCH3 is 1. The van der Waals surface area contributed by atoms with Crippen LogP contribution in [-0.4, -0.2) is 47.2 Å². The average molecular weight is 646 g/mol. The van der Waals surface area contributed by atoms with E-state index in [1.807, 2.05) is 30.3 Å². The monoisotopic (exact) mass is 645 g/mol. The maximum Gasteiger partial charge on any atom is 0.230 e. The third-order valence-electron chi connectivity index (χ3n) is 8.81. The maximum absolute atomic E-state index is 15.2. The predicted octanol–water partition coefficient (Wildman–Crippen LogP) is 6.38. The molecule has 0 bridgehead atoms. The SMILES string of the molecule is COc1cc2c(Oc3ccc(NC(=S)NC(=O)Cc4ccccc4)cc3F)ccnc2cc1OC(C)C1CCC2C(O)OCCC12. The van der Waals surface area contributed by atoms with E-state index in [4.69, 9.17) is 31.2 Å². The van der Waals surface area contributed by atoms with Crippen LogP contribution in [0.2, 0.25) is 0 Å². The number of thiocarbonyl (C=S) groups is 1. The van der Waals surface area contributed by atoms with Crippen molar-refractivity contribution in [1.29, 1.82) is 0 Å². The van der Waals surface area contributed by atoms with Crippen molar-refractivity contribution in [1.82, 2.24) is 10.3 Å². The number of pyridine rings is 1. The lowest BCUT2D eigenvalue weighted by Crippen LogP contribution is -2.38. The van der Waals surface area contributed by atoms with Gasteiger partial charge in [-0.2, -0.15) is 0 Å². The summed E-state index contributed by atoms with van der Waals surface area (Å²) in [6, 6.07) is 18.9. The first-order valence-corrected chi connectivity index (χ1v) is 15.7.